The van der Waals surface area contributed by atoms with Crippen molar-refractivity contribution < 1.29 is 4.79 Å². The molecule has 1 aliphatic rings. The molecular formula is C15H21BrN2O. The van der Waals surface area contributed by atoms with Gasteiger partial charge < -0.3 is 5.32 Å². The molecule has 19 heavy (non-hydrogen) atoms. The zero-order valence-electron chi connectivity index (χ0n) is 11.6. The third kappa shape index (κ3) is 3.57. The van der Waals surface area contributed by atoms with Crippen molar-refractivity contribution in [2.24, 2.45) is 0 Å². The van der Waals surface area contributed by atoms with Gasteiger partial charge in [-0.3, -0.25) is 9.69 Å². The predicted molar refractivity (Wildman–Crippen MR) is 81.5 cm³/mol. The number of halogens is 1. The number of aryl methyl sites for hydroxylation is 1. The van der Waals surface area contributed by atoms with E-state index in [2.05, 4.69) is 33.1 Å². The maximum absolute atomic E-state index is 12.1. The van der Waals surface area contributed by atoms with E-state index >= 15 is 0 Å². The van der Waals surface area contributed by atoms with Crippen LogP contribution in [0.1, 0.15) is 35.7 Å². The third-order valence-corrected chi connectivity index (χ3v) is 4.69. The summed E-state index contributed by atoms with van der Waals surface area (Å²) in [5, 5.41) is 3.05. The molecule has 1 atom stereocenters. The van der Waals surface area contributed by atoms with Crippen LogP contribution in [0.4, 0.5) is 0 Å². The van der Waals surface area contributed by atoms with Gasteiger partial charge in [0, 0.05) is 22.6 Å². The highest BCUT2D eigenvalue weighted by Crippen LogP contribution is 2.18. The Bertz CT molecular complexity index is 461. The largest absolute Gasteiger partial charge is 0.350 e. The van der Waals surface area contributed by atoms with E-state index in [-0.39, 0.29) is 5.91 Å². The van der Waals surface area contributed by atoms with Gasteiger partial charge in [0.25, 0.3) is 5.91 Å². The third-order valence-electron chi connectivity index (χ3n) is 3.84. The number of rotatable bonds is 4. The minimum absolute atomic E-state index is 0.0173. The summed E-state index contributed by atoms with van der Waals surface area (Å²) >= 11 is 3.46. The van der Waals surface area contributed by atoms with Crippen LogP contribution in [0.25, 0.3) is 0 Å². The fraction of sp³-hybridized carbons (Fsp3) is 0.533. The standard InChI is InChI=1S/C15H21BrN2O/c1-3-18-8-4-5-13(18)10-17-15(19)12-7-6-11(2)14(16)9-12/h6-7,9,13H,3-5,8,10H2,1-2H3,(H,17,19). The summed E-state index contributed by atoms with van der Waals surface area (Å²) in [7, 11) is 0. The molecule has 1 amide bonds. The summed E-state index contributed by atoms with van der Waals surface area (Å²) < 4.78 is 0.983. The molecule has 1 N–H and O–H groups in total. The van der Waals surface area contributed by atoms with Gasteiger partial charge in [0.1, 0.15) is 0 Å². The molecule has 1 aromatic carbocycles. The van der Waals surface area contributed by atoms with Gasteiger partial charge >= 0.3 is 0 Å². The molecule has 1 aliphatic heterocycles. The molecule has 4 heteroatoms. The number of likely N-dealkylation sites (N-methyl/N-ethyl adjacent to an activating group) is 1. The molecule has 0 bridgehead atoms. The Hall–Kier alpha value is -0.870. The van der Waals surface area contributed by atoms with Crippen LogP contribution in [-0.2, 0) is 0 Å². The second-order valence-corrected chi connectivity index (χ2v) is 5.95. The minimum atomic E-state index is 0.0173. The number of amides is 1. The van der Waals surface area contributed by atoms with Gasteiger partial charge in [-0.1, -0.05) is 28.9 Å². The Kier molecular flexibility index (Phi) is 4.99. The lowest BCUT2D eigenvalue weighted by Crippen LogP contribution is -2.40. The van der Waals surface area contributed by atoms with E-state index in [0.29, 0.717) is 6.04 Å². The maximum atomic E-state index is 12.1. The van der Waals surface area contributed by atoms with Crippen molar-refractivity contribution in [3.63, 3.8) is 0 Å². The fourth-order valence-electron chi connectivity index (χ4n) is 2.59. The van der Waals surface area contributed by atoms with E-state index in [1.54, 1.807) is 0 Å². The van der Waals surface area contributed by atoms with Gasteiger partial charge in [-0.25, -0.2) is 0 Å². The smallest absolute Gasteiger partial charge is 0.251 e. The Morgan fingerprint density at radius 2 is 2.32 bits per heavy atom. The second kappa shape index (κ2) is 6.53. The van der Waals surface area contributed by atoms with Gasteiger partial charge in [-0.2, -0.15) is 0 Å². The summed E-state index contributed by atoms with van der Waals surface area (Å²) in [5.74, 6) is 0.0173. The first-order chi connectivity index (χ1) is 9.11. The Morgan fingerprint density at radius 1 is 1.53 bits per heavy atom. The number of nitrogens with one attached hydrogen (secondary N) is 1. The van der Waals surface area contributed by atoms with Crippen molar-refractivity contribution in [3.8, 4) is 0 Å². The molecule has 2 rings (SSSR count). The monoisotopic (exact) mass is 324 g/mol. The number of likely N-dealkylation sites (tertiary alicyclic amines) is 1. The highest BCUT2D eigenvalue weighted by Gasteiger charge is 2.23. The first-order valence-corrected chi connectivity index (χ1v) is 7.69. The van der Waals surface area contributed by atoms with Crippen molar-refractivity contribution >= 4 is 21.8 Å². The number of hydrogen-bond donors (Lipinski definition) is 1. The van der Waals surface area contributed by atoms with E-state index < -0.39 is 0 Å². The number of hydrogen-bond acceptors (Lipinski definition) is 2. The van der Waals surface area contributed by atoms with Gasteiger partial charge in [0.05, 0.1) is 0 Å². The van der Waals surface area contributed by atoms with Gasteiger partial charge in [0.2, 0.25) is 0 Å². The van der Waals surface area contributed by atoms with E-state index in [9.17, 15) is 4.79 Å². The summed E-state index contributed by atoms with van der Waals surface area (Å²) in [4.78, 5) is 14.5. The Morgan fingerprint density at radius 3 is 3.00 bits per heavy atom. The molecular weight excluding hydrogens is 304 g/mol. The molecule has 0 spiro atoms. The number of carbonyl (C=O) groups excluding carboxylic acids is 1. The van der Waals surface area contributed by atoms with Crippen LogP contribution >= 0.6 is 15.9 Å². The average Bonchev–Trinajstić information content (AvgIpc) is 2.86. The quantitative estimate of drug-likeness (QED) is 0.923. The Labute approximate surface area is 123 Å². The van der Waals surface area contributed by atoms with Crippen molar-refractivity contribution in [2.75, 3.05) is 19.6 Å². The van der Waals surface area contributed by atoms with Gasteiger partial charge in [0.15, 0.2) is 0 Å². The number of carbonyl (C=O) groups is 1. The Balaban J connectivity index is 1.92. The summed E-state index contributed by atoms with van der Waals surface area (Å²) in [5.41, 5.74) is 1.86. The molecule has 0 saturated carbocycles. The van der Waals surface area contributed by atoms with Crippen LogP contribution in [0.5, 0.6) is 0 Å². The van der Waals surface area contributed by atoms with E-state index in [0.717, 1.165) is 35.2 Å². The first-order valence-electron chi connectivity index (χ1n) is 6.90. The van der Waals surface area contributed by atoms with Gasteiger partial charge in [-0.15, -0.1) is 0 Å². The van der Waals surface area contributed by atoms with Crippen LogP contribution < -0.4 is 5.32 Å². The van der Waals surface area contributed by atoms with E-state index in [1.807, 2.05) is 25.1 Å². The van der Waals surface area contributed by atoms with Crippen molar-refractivity contribution in [3.05, 3.63) is 33.8 Å². The summed E-state index contributed by atoms with van der Waals surface area (Å²) in [6.07, 6.45) is 2.43. The van der Waals surface area contributed by atoms with Crippen LogP contribution in [-0.4, -0.2) is 36.5 Å². The molecule has 1 saturated heterocycles. The molecule has 1 fully saturated rings. The molecule has 0 aliphatic carbocycles. The van der Waals surface area contributed by atoms with E-state index in [1.165, 1.54) is 12.8 Å². The van der Waals surface area contributed by atoms with Crippen LogP contribution in [0.2, 0.25) is 0 Å². The number of benzene rings is 1. The van der Waals surface area contributed by atoms with E-state index in [4.69, 9.17) is 0 Å². The molecule has 104 valence electrons. The molecule has 0 aromatic heterocycles. The van der Waals surface area contributed by atoms with Crippen LogP contribution in [0.3, 0.4) is 0 Å². The van der Waals surface area contributed by atoms with Crippen LogP contribution in [0.15, 0.2) is 22.7 Å². The molecule has 3 nitrogen and oxygen atoms in total. The molecule has 1 unspecified atom stereocenters. The normalized spacial score (nSPS) is 19.6. The molecule has 1 aromatic rings. The zero-order valence-corrected chi connectivity index (χ0v) is 13.2. The summed E-state index contributed by atoms with van der Waals surface area (Å²) in [6.45, 7) is 7.17. The first kappa shape index (κ1) is 14.5. The zero-order chi connectivity index (χ0) is 13.8. The van der Waals surface area contributed by atoms with Gasteiger partial charge in [-0.05, 0) is 50.6 Å². The highest BCUT2D eigenvalue weighted by atomic mass is 79.9. The molecule has 0 radical (unpaired) electrons. The van der Waals surface area contributed by atoms with Crippen molar-refractivity contribution in [1.29, 1.82) is 0 Å². The molecule has 1 heterocycles. The highest BCUT2D eigenvalue weighted by molar-refractivity contribution is 9.10. The lowest BCUT2D eigenvalue weighted by Gasteiger charge is -2.22. The minimum Gasteiger partial charge on any atom is -0.350 e. The SMILES string of the molecule is CCN1CCCC1CNC(=O)c1ccc(C)c(Br)c1. The average molecular weight is 325 g/mol. The lowest BCUT2D eigenvalue weighted by molar-refractivity contribution is 0.0941. The topological polar surface area (TPSA) is 32.3 Å². The van der Waals surface area contributed by atoms with Crippen molar-refractivity contribution in [1.82, 2.24) is 10.2 Å². The van der Waals surface area contributed by atoms with Crippen LogP contribution in [0, 0.1) is 6.92 Å². The maximum Gasteiger partial charge on any atom is 0.251 e. The predicted octanol–water partition coefficient (Wildman–Crippen LogP) is 2.97. The van der Waals surface area contributed by atoms with Crippen molar-refractivity contribution in [2.45, 2.75) is 32.7 Å². The summed E-state index contributed by atoms with van der Waals surface area (Å²) in [6, 6.07) is 6.23. The number of nitrogens with zero attached hydrogens (tertiary/aromatic N) is 1. The lowest BCUT2D eigenvalue weighted by atomic mass is 10.1. The second-order valence-electron chi connectivity index (χ2n) is 5.10. The fourth-order valence-corrected chi connectivity index (χ4v) is 2.97.